The zero-order valence-electron chi connectivity index (χ0n) is 7.46. The average molecular weight is 167 g/mol. The molecule has 0 saturated heterocycles. The molecule has 1 rings (SSSR count). The van der Waals surface area contributed by atoms with Gasteiger partial charge in [0.05, 0.1) is 6.73 Å². The fourth-order valence-electron chi connectivity index (χ4n) is 1.31. The molecule has 0 bridgehead atoms. The van der Waals surface area contributed by atoms with Crippen LogP contribution in [0.2, 0.25) is 0 Å². The molecule has 0 aliphatic heterocycles. The average Bonchev–Trinajstić information content (AvgIpc) is 2.14. The first-order valence-electron chi connectivity index (χ1n) is 4.57. The smallest absolute Gasteiger partial charge is 0.0940 e. The number of hydrogen-bond donors (Lipinski definition) is 1. The van der Waals surface area contributed by atoms with Gasteiger partial charge < -0.3 is 10.5 Å². The third-order valence-corrected chi connectivity index (χ3v) is 1.94. The third kappa shape index (κ3) is 3.69. The highest BCUT2D eigenvalue weighted by molar-refractivity contribution is 5.21. The second-order valence-electron chi connectivity index (χ2n) is 2.94. The number of allylic oxidation sites excluding steroid dienone is 4. The normalized spacial score (nSPS) is 16.2. The monoisotopic (exact) mass is 167 g/mol. The Morgan fingerprint density at radius 2 is 2.33 bits per heavy atom. The van der Waals surface area contributed by atoms with Crippen molar-refractivity contribution in [3.63, 3.8) is 0 Å². The van der Waals surface area contributed by atoms with Crippen molar-refractivity contribution in [3.8, 4) is 0 Å². The van der Waals surface area contributed by atoms with Gasteiger partial charge in [0.15, 0.2) is 0 Å². The lowest BCUT2D eigenvalue weighted by molar-refractivity contribution is 0.139. The Bertz CT molecular complexity index is 173. The van der Waals surface area contributed by atoms with E-state index in [0.29, 0.717) is 6.73 Å². The Labute approximate surface area is 74.1 Å². The van der Waals surface area contributed by atoms with Crippen LogP contribution in [0.4, 0.5) is 0 Å². The van der Waals surface area contributed by atoms with Crippen LogP contribution in [0, 0.1) is 0 Å². The Morgan fingerprint density at radius 1 is 1.42 bits per heavy atom. The molecule has 0 saturated carbocycles. The predicted molar refractivity (Wildman–Crippen MR) is 50.7 cm³/mol. The molecule has 2 heteroatoms. The van der Waals surface area contributed by atoms with Gasteiger partial charge in [-0.05, 0) is 25.7 Å². The fraction of sp³-hybridized carbons (Fsp3) is 0.600. The van der Waals surface area contributed by atoms with Crippen LogP contribution < -0.4 is 5.73 Å². The molecule has 0 unspecified atom stereocenters. The van der Waals surface area contributed by atoms with Crippen molar-refractivity contribution in [2.45, 2.75) is 25.7 Å². The summed E-state index contributed by atoms with van der Waals surface area (Å²) in [5.74, 6) is 0. The van der Waals surface area contributed by atoms with E-state index in [-0.39, 0.29) is 0 Å². The van der Waals surface area contributed by atoms with Crippen LogP contribution in [0.1, 0.15) is 25.7 Å². The molecular weight excluding hydrogens is 150 g/mol. The van der Waals surface area contributed by atoms with Crippen LogP contribution in [-0.4, -0.2) is 13.3 Å². The Hall–Kier alpha value is -0.600. The van der Waals surface area contributed by atoms with E-state index >= 15 is 0 Å². The van der Waals surface area contributed by atoms with Gasteiger partial charge in [-0.2, -0.15) is 0 Å². The highest BCUT2D eigenvalue weighted by Crippen LogP contribution is 2.14. The van der Waals surface area contributed by atoms with Gasteiger partial charge in [0.1, 0.15) is 0 Å². The van der Waals surface area contributed by atoms with Crippen molar-refractivity contribution in [1.29, 1.82) is 0 Å². The molecule has 0 aromatic rings. The minimum atomic E-state index is 0.342. The summed E-state index contributed by atoms with van der Waals surface area (Å²) in [7, 11) is 0. The van der Waals surface area contributed by atoms with E-state index in [1.54, 1.807) is 0 Å². The van der Waals surface area contributed by atoms with Gasteiger partial charge in [-0.25, -0.2) is 0 Å². The van der Waals surface area contributed by atoms with Crippen molar-refractivity contribution in [1.82, 2.24) is 0 Å². The van der Waals surface area contributed by atoms with Gasteiger partial charge in [0.25, 0.3) is 0 Å². The van der Waals surface area contributed by atoms with E-state index in [1.165, 1.54) is 18.4 Å². The third-order valence-electron chi connectivity index (χ3n) is 1.94. The maximum absolute atomic E-state index is 5.20. The van der Waals surface area contributed by atoms with Crippen LogP contribution in [0.25, 0.3) is 0 Å². The molecule has 0 amide bonds. The summed E-state index contributed by atoms with van der Waals surface area (Å²) >= 11 is 0. The molecule has 1 aliphatic carbocycles. The zero-order valence-corrected chi connectivity index (χ0v) is 7.46. The lowest BCUT2D eigenvalue weighted by atomic mass is 10.0. The van der Waals surface area contributed by atoms with Crippen LogP contribution in [0.5, 0.6) is 0 Å². The maximum Gasteiger partial charge on any atom is 0.0940 e. The SMILES string of the molecule is NCOCCCC1=CCCC=C1. The van der Waals surface area contributed by atoms with E-state index in [1.807, 2.05) is 0 Å². The van der Waals surface area contributed by atoms with Crippen LogP contribution in [0.15, 0.2) is 23.8 Å². The molecule has 0 radical (unpaired) electrons. The highest BCUT2D eigenvalue weighted by atomic mass is 16.5. The molecule has 68 valence electrons. The van der Waals surface area contributed by atoms with Gasteiger partial charge in [-0.1, -0.05) is 23.8 Å². The molecule has 1 aliphatic rings. The van der Waals surface area contributed by atoms with Gasteiger partial charge in [0, 0.05) is 6.61 Å². The molecule has 0 aromatic carbocycles. The summed E-state index contributed by atoms with van der Waals surface area (Å²) < 4.78 is 5.05. The number of hydrogen-bond acceptors (Lipinski definition) is 2. The topological polar surface area (TPSA) is 35.2 Å². The van der Waals surface area contributed by atoms with E-state index in [2.05, 4.69) is 18.2 Å². The maximum atomic E-state index is 5.20. The van der Waals surface area contributed by atoms with Gasteiger partial charge in [-0.3, -0.25) is 0 Å². The lowest BCUT2D eigenvalue weighted by Gasteiger charge is -2.06. The summed E-state index contributed by atoms with van der Waals surface area (Å²) in [4.78, 5) is 0. The number of nitrogens with two attached hydrogens (primary N) is 1. The molecule has 0 aromatic heterocycles. The zero-order chi connectivity index (χ0) is 8.65. The van der Waals surface area contributed by atoms with Crippen LogP contribution in [0.3, 0.4) is 0 Å². The number of rotatable bonds is 5. The molecule has 0 heterocycles. The molecule has 0 fully saturated rings. The van der Waals surface area contributed by atoms with Gasteiger partial charge in [-0.15, -0.1) is 0 Å². The van der Waals surface area contributed by atoms with Gasteiger partial charge in [0.2, 0.25) is 0 Å². The summed E-state index contributed by atoms with van der Waals surface area (Å²) in [5, 5.41) is 0. The van der Waals surface area contributed by atoms with Crippen molar-refractivity contribution in [3.05, 3.63) is 23.8 Å². The van der Waals surface area contributed by atoms with Crippen molar-refractivity contribution >= 4 is 0 Å². The summed E-state index contributed by atoms with van der Waals surface area (Å²) in [6.07, 6.45) is 11.4. The van der Waals surface area contributed by atoms with E-state index in [9.17, 15) is 0 Å². The van der Waals surface area contributed by atoms with Crippen molar-refractivity contribution in [2.75, 3.05) is 13.3 Å². The van der Waals surface area contributed by atoms with Crippen molar-refractivity contribution < 1.29 is 4.74 Å². The molecule has 12 heavy (non-hydrogen) atoms. The Kier molecular flexibility index (Phi) is 4.73. The van der Waals surface area contributed by atoms with Crippen LogP contribution >= 0.6 is 0 Å². The molecule has 0 atom stereocenters. The molecule has 2 nitrogen and oxygen atoms in total. The molecular formula is C10H17NO. The minimum Gasteiger partial charge on any atom is -0.367 e. The second-order valence-corrected chi connectivity index (χ2v) is 2.94. The van der Waals surface area contributed by atoms with E-state index < -0.39 is 0 Å². The highest BCUT2D eigenvalue weighted by Gasteiger charge is 1.96. The second kappa shape index (κ2) is 5.98. The molecule has 2 N–H and O–H groups in total. The Balaban J connectivity index is 2.06. The van der Waals surface area contributed by atoms with Crippen molar-refractivity contribution in [2.24, 2.45) is 5.73 Å². The predicted octanol–water partition coefficient (Wildman–Crippen LogP) is 1.98. The minimum absolute atomic E-state index is 0.342. The Morgan fingerprint density at radius 3 is 3.00 bits per heavy atom. The first-order valence-corrected chi connectivity index (χ1v) is 4.57. The lowest BCUT2D eigenvalue weighted by Crippen LogP contribution is -2.05. The summed E-state index contributed by atoms with van der Waals surface area (Å²) in [6, 6.07) is 0. The van der Waals surface area contributed by atoms with E-state index in [0.717, 1.165) is 19.4 Å². The van der Waals surface area contributed by atoms with Gasteiger partial charge >= 0.3 is 0 Å². The fourth-order valence-corrected chi connectivity index (χ4v) is 1.31. The largest absolute Gasteiger partial charge is 0.367 e. The quantitative estimate of drug-likeness (QED) is 0.502. The summed E-state index contributed by atoms with van der Waals surface area (Å²) in [6.45, 7) is 1.12. The summed E-state index contributed by atoms with van der Waals surface area (Å²) in [5.41, 5.74) is 6.64. The van der Waals surface area contributed by atoms with E-state index in [4.69, 9.17) is 10.5 Å². The number of ether oxygens (including phenoxy) is 1. The first kappa shape index (κ1) is 9.49. The van der Waals surface area contributed by atoms with Crippen LogP contribution in [-0.2, 0) is 4.74 Å². The standard InChI is InChI=1S/C10H17NO/c11-9-12-8-4-7-10-5-2-1-3-6-10/h2,5-6H,1,3-4,7-9,11H2. The first-order chi connectivity index (χ1) is 5.93. The molecule has 0 spiro atoms.